The predicted molar refractivity (Wildman–Crippen MR) is 79.9 cm³/mol. The van der Waals surface area contributed by atoms with Crippen molar-refractivity contribution in [3.05, 3.63) is 23.8 Å². The molecule has 2 heteroatoms. The highest BCUT2D eigenvalue weighted by atomic mass is 16.5. The summed E-state index contributed by atoms with van der Waals surface area (Å²) in [5.41, 5.74) is 3.08. The zero-order valence-corrected chi connectivity index (χ0v) is 12.2. The van der Waals surface area contributed by atoms with Gasteiger partial charge in [-0.3, -0.25) is 0 Å². The van der Waals surface area contributed by atoms with Crippen LogP contribution in [-0.4, -0.2) is 13.2 Å². The van der Waals surface area contributed by atoms with E-state index in [4.69, 9.17) is 4.74 Å². The average molecular weight is 259 g/mol. The Morgan fingerprint density at radius 3 is 3.11 bits per heavy atom. The van der Waals surface area contributed by atoms with E-state index in [1.165, 1.54) is 43.4 Å². The third kappa shape index (κ3) is 2.88. The van der Waals surface area contributed by atoms with E-state index in [9.17, 15) is 0 Å². The highest BCUT2D eigenvalue weighted by Crippen LogP contribution is 2.41. The number of nitrogens with one attached hydrogen (secondary N) is 1. The van der Waals surface area contributed by atoms with Crippen LogP contribution in [0, 0.1) is 11.3 Å². The minimum absolute atomic E-state index is 0.378. The molecule has 0 spiro atoms. The van der Waals surface area contributed by atoms with E-state index < -0.39 is 0 Å². The van der Waals surface area contributed by atoms with Gasteiger partial charge in [0, 0.05) is 23.7 Å². The Balaban J connectivity index is 1.64. The lowest BCUT2D eigenvalue weighted by Crippen LogP contribution is -2.22. The summed E-state index contributed by atoms with van der Waals surface area (Å²) in [5, 5.41) is 3.47. The van der Waals surface area contributed by atoms with Crippen LogP contribution in [0.2, 0.25) is 0 Å². The lowest BCUT2D eigenvalue weighted by Gasteiger charge is -2.25. The number of benzene rings is 1. The van der Waals surface area contributed by atoms with Crippen molar-refractivity contribution in [3.8, 4) is 5.75 Å². The van der Waals surface area contributed by atoms with E-state index >= 15 is 0 Å². The van der Waals surface area contributed by atoms with Gasteiger partial charge in [-0.25, -0.2) is 0 Å². The van der Waals surface area contributed by atoms with Crippen molar-refractivity contribution in [1.82, 2.24) is 0 Å². The number of aryl methyl sites for hydroxylation is 1. The summed E-state index contributed by atoms with van der Waals surface area (Å²) in [6.07, 6.45) is 6.39. The molecule has 0 bridgehead atoms. The summed E-state index contributed by atoms with van der Waals surface area (Å²) < 4.78 is 6.07. The summed E-state index contributed by atoms with van der Waals surface area (Å²) in [7, 11) is 0. The number of ether oxygens (including phenoxy) is 1. The Morgan fingerprint density at radius 1 is 1.42 bits per heavy atom. The second-order valence-electron chi connectivity index (χ2n) is 6.80. The van der Waals surface area contributed by atoms with Gasteiger partial charge in [0.1, 0.15) is 5.75 Å². The van der Waals surface area contributed by atoms with Gasteiger partial charge < -0.3 is 10.1 Å². The Hall–Kier alpha value is -1.18. The smallest absolute Gasteiger partial charge is 0.121 e. The Kier molecular flexibility index (Phi) is 3.42. The van der Waals surface area contributed by atoms with Gasteiger partial charge in [0.15, 0.2) is 0 Å². The van der Waals surface area contributed by atoms with Crippen LogP contribution in [-0.2, 0) is 6.42 Å². The van der Waals surface area contributed by atoms with Crippen LogP contribution in [0.4, 0.5) is 5.69 Å². The van der Waals surface area contributed by atoms with E-state index in [1.807, 2.05) is 0 Å². The molecule has 1 aromatic carbocycles. The van der Waals surface area contributed by atoms with Crippen LogP contribution in [0.3, 0.4) is 0 Å². The second kappa shape index (κ2) is 5.07. The zero-order chi connectivity index (χ0) is 13.3. The van der Waals surface area contributed by atoms with Crippen molar-refractivity contribution in [1.29, 1.82) is 0 Å². The van der Waals surface area contributed by atoms with Crippen molar-refractivity contribution in [2.45, 2.75) is 46.0 Å². The van der Waals surface area contributed by atoms with Crippen molar-refractivity contribution in [2.75, 3.05) is 18.5 Å². The molecule has 2 unspecified atom stereocenters. The minimum atomic E-state index is 0.378. The summed E-state index contributed by atoms with van der Waals surface area (Å²) in [5.74, 6) is 1.88. The van der Waals surface area contributed by atoms with Gasteiger partial charge in [0.2, 0.25) is 0 Å². The topological polar surface area (TPSA) is 21.3 Å². The van der Waals surface area contributed by atoms with E-state index in [0.29, 0.717) is 5.41 Å². The zero-order valence-electron chi connectivity index (χ0n) is 12.2. The fraction of sp³-hybridized carbons (Fsp3) is 0.647. The Bertz CT molecular complexity index is 457. The van der Waals surface area contributed by atoms with Crippen LogP contribution < -0.4 is 10.1 Å². The minimum Gasteiger partial charge on any atom is -0.493 e. The van der Waals surface area contributed by atoms with Crippen molar-refractivity contribution in [3.63, 3.8) is 0 Å². The van der Waals surface area contributed by atoms with Crippen LogP contribution in [0.25, 0.3) is 0 Å². The maximum atomic E-state index is 6.07. The molecule has 0 amide bonds. The molecule has 1 fully saturated rings. The maximum Gasteiger partial charge on any atom is 0.121 e. The highest BCUT2D eigenvalue weighted by Gasteiger charge is 2.33. The predicted octanol–water partition coefficient (Wildman–Crippen LogP) is 4.25. The molecule has 0 aromatic heterocycles. The summed E-state index contributed by atoms with van der Waals surface area (Å²) in [6, 6.07) is 6.53. The van der Waals surface area contributed by atoms with E-state index in [-0.39, 0.29) is 0 Å². The first-order chi connectivity index (χ1) is 9.15. The van der Waals surface area contributed by atoms with Crippen molar-refractivity contribution >= 4 is 5.69 Å². The number of fused-ring (bicyclic) bond motifs is 1. The molecule has 2 atom stereocenters. The molecule has 1 saturated carbocycles. The third-order valence-corrected chi connectivity index (χ3v) is 4.69. The van der Waals surface area contributed by atoms with E-state index in [1.54, 1.807) is 0 Å². The normalized spacial score (nSPS) is 29.7. The fourth-order valence-electron chi connectivity index (χ4n) is 3.56. The summed E-state index contributed by atoms with van der Waals surface area (Å²) >= 11 is 0. The van der Waals surface area contributed by atoms with Crippen molar-refractivity contribution in [2.24, 2.45) is 11.3 Å². The van der Waals surface area contributed by atoms with Gasteiger partial charge in [-0.1, -0.05) is 26.3 Å². The van der Waals surface area contributed by atoms with Gasteiger partial charge in [-0.2, -0.15) is 0 Å². The van der Waals surface area contributed by atoms with Gasteiger partial charge in [0.25, 0.3) is 0 Å². The average Bonchev–Trinajstić information content (AvgIpc) is 2.77. The monoisotopic (exact) mass is 259 g/mol. The fourth-order valence-corrected chi connectivity index (χ4v) is 3.56. The largest absolute Gasteiger partial charge is 0.493 e. The first kappa shape index (κ1) is 12.8. The van der Waals surface area contributed by atoms with Gasteiger partial charge in [0.05, 0.1) is 6.61 Å². The molecule has 19 heavy (non-hydrogen) atoms. The van der Waals surface area contributed by atoms with Gasteiger partial charge >= 0.3 is 0 Å². The number of hydrogen-bond donors (Lipinski definition) is 1. The number of anilines is 1. The first-order valence-electron chi connectivity index (χ1n) is 7.64. The third-order valence-electron chi connectivity index (χ3n) is 4.69. The quantitative estimate of drug-likeness (QED) is 0.876. The summed E-state index contributed by atoms with van der Waals surface area (Å²) in [4.78, 5) is 0. The van der Waals surface area contributed by atoms with Crippen LogP contribution >= 0.6 is 0 Å². The number of rotatable bonds is 3. The molecule has 0 saturated heterocycles. The molecule has 1 aromatic rings. The lowest BCUT2D eigenvalue weighted by molar-refractivity contribution is 0.164. The van der Waals surface area contributed by atoms with Crippen LogP contribution in [0.5, 0.6) is 5.75 Å². The lowest BCUT2D eigenvalue weighted by atomic mass is 9.89. The molecule has 2 aliphatic rings. The molecule has 1 aliphatic heterocycles. The van der Waals surface area contributed by atoms with Crippen LogP contribution in [0.1, 0.15) is 45.1 Å². The molecular weight excluding hydrogens is 234 g/mol. The van der Waals surface area contributed by atoms with E-state index in [0.717, 1.165) is 24.8 Å². The maximum absolute atomic E-state index is 6.07. The molecule has 0 radical (unpaired) electrons. The van der Waals surface area contributed by atoms with E-state index in [2.05, 4.69) is 37.4 Å². The molecule has 104 valence electrons. The molecule has 1 heterocycles. The Morgan fingerprint density at radius 2 is 2.32 bits per heavy atom. The molecule has 1 N–H and O–H groups in total. The summed E-state index contributed by atoms with van der Waals surface area (Å²) in [6.45, 7) is 6.67. The Labute approximate surface area is 116 Å². The second-order valence-corrected chi connectivity index (χ2v) is 6.80. The highest BCUT2D eigenvalue weighted by molar-refractivity contribution is 5.56. The van der Waals surface area contributed by atoms with Gasteiger partial charge in [-0.15, -0.1) is 0 Å². The molecule has 2 nitrogen and oxygen atoms in total. The van der Waals surface area contributed by atoms with Gasteiger partial charge in [-0.05, 0) is 43.2 Å². The molecular formula is C17H25NO. The van der Waals surface area contributed by atoms with Crippen LogP contribution in [0.15, 0.2) is 18.2 Å². The first-order valence-corrected chi connectivity index (χ1v) is 7.64. The molecule has 3 rings (SSSR count). The standard InChI is InChI=1S/C17H25NO/c1-13-7-8-17(2,11-13)12-19-15-6-5-14-4-3-9-18-16(14)10-15/h5-6,10,13,18H,3-4,7-9,11-12H2,1-2H3. The van der Waals surface area contributed by atoms with Crippen molar-refractivity contribution < 1.29 is 4.74 Å². The number of hydrogen-bond acceptors (Lipinski definition) is 2. The SMILES string of the molecule is CC1CCC(C)(COc2ccc3c(c2)NCCC3)C1. The molecule has 1 aliphatic carbocycles.